The van der Waals surface area contributed by atoms with Gasteiger partial charge < -0.3 is 5.32 Å². The maximum Gasteiger partial charge on any atom is 0.246 e. The first-order chi connectivity index (χ1) is 7.59. The third-order valence-electron chi connectivity index (χ3n) is 3.07. The highest BCUT2D eigenvalue weighted by Crippen LogP contribution is 2.13. The van der Waals surface area contributed by atoms with Crippen LogP contribution in [-0.2, 0) is 14.4 Å². The van der Waals surface area contributed by atoms with E-state index in [-0.39, 0.29) is 30.2 Å². The van der Waals surface area contributed by atoms with Crippen molar-refractivity contribution in [1.82, 2.24) is 15.5 Å². The van der Waals surface area contributed by atoms with Crippen molar-refractivity contribution < 1.29 is 14.4 Å². The van der Waals surface area contributed by atoms with Gasteiger partial charge in [0, 0.05) is 13.6 Å². The Morgan fingerprint density at radius 2 is 2.06 bits per heavy atom. The largest absolute Gasteiger partial charge is 0.355 e. The highest BCUT2D eigenvalue weighted by Gasteiger charge is 2.38. The number of nitrogens with zero attached hydrogens (tertiary/aromatic N) is 1. The second-order valence-corrected chi connectivity index (χ2v) is 4.20. The lowest BCUT2D eigenvalue weighted by Crippen LogP contribution is -2.53. The van der Waals surface area contributed by atoms with Crippen LogP contribution in [0.4, 0.5) is 0 Å². The van der Waals surface area contributed by atoms with E-state index < -0.39 is 6.04 Å². The Balaban J connectivity index is 1.97. The Hall–Kier alpha value is -1.43. The molecule has 2 atom stereocenters. The molecule has 0 aromatic carbocycles. The van der Waals surface area contributed by atoms with Crippen LogP contribution in [0.5, 0.6) is 0 Å². The van der Waals surface area contributed by atoms with Crippen molar-refractivity contribution in [3.63, 3.8) is 0 Å². The Morgan fingerprint density at radius 3 is 2.62 bits per heavy atom. The molecule has 2 unspecified atom stereocenters. The average Bonchev–Trinajstić information content (AvgIpc) is 2.50. The molecular weight excluding hydrogens is 210 g/mol. The predicted octanol–water partition coefficient (Wildman–Crippen LogP) is -1.39. The predicted molar refractivity (Wildman–Crippen MR) is 55.3 cm³/mol. The average molecular weight is 225 g/mol. The fourth-order valence-corrected chi connectivity index (χ4v) is 2.06. The van der Waals surface area contributed by atoms with Gasteiger partial charge >= 0.3 is 0 Å². The van der Waals surface area contributed by atoms with Gasteiger partial charge in [0.25, 0.3) is 0 Å². The maximum atomic E-state index is 11.6. The molecule has 0 aliphatic carbocycles. The van der Waals surface area contributed by atoms with Crippen molar-refractivity contribution in [3.8, 4) is 0 Å². The van der Waals surface area contributed by atoms with Crippen LogP contribution < -0.4 is 10.6 Å². The molecule has 2 heterocycles. The lowest BCUT2D eigenvalue weighted by molar-refractivity contribution is -0.137. The first-order valence-electron chi connectivity index (χ1n) is 5.44. The minimum absolute atomic E-state index is 0.0824. The SMILES string of the molecule is CN1C(=O)CC(NC2CCCNC2=O)C1=O. The quantitative estimate of drug-likeness (QED) is 0.567. The van der Waals surface area contributed by atoms with Gasteiger partial charge in [0.15, 0.2) is 0 Å². The molecule has 2 aliphatic heterocycles. The van der Waals surface area contributed by atoms with Crippen molar-refractivity contribution in [1.29, 1.82) is 0 Å². The molecule has 88 valence electrons. The van der Waals surface area contributed by atoms with Gasteiger partial charge in [-0.3, -0.25) is 24.6 Å². The lowest BCUT2D eigenvalue weighted by atomic mass is 10.1. The van der Waals surface area contributed by atoms with Gasteiger partial charge in [-0.25, -0.2) is 0 Å². The van der Waals surface area contributed by atoms with Crippen LogP contribution in [0.25, 0.3) is 0 Å². The number of likely N-dealkylation sites (tertiary alicyclic amines) is 1. The second kappa shape index (κ2) is 4.21. The second-order valence-electron chi connectivity index (χ2n) is 4.20. The topological polar surface area (TPSA) is 78.5 Å². The van der Waals surface area contributed by atoms with E-state index in [1.54, 1.807) is 0 Å². The molecular formula is C10H15N3O3. The molecule has 0 aromatic rings. The molecule has 0 spiro atoms. The first kappa shape index (κ1) is 11.1. The molecule has 0 bridgehead atoms. The van der Waals surface area contributed by atoms with Crippen LogP contribution in [0.15, 0.2) is 0 Å². The van der Waals surface area contributed by atoms with Gasteiger partial charge in [0.2, 0.25) is 17.7 Å². The van der Waals surface area contributed by atoms with Gasteiger partial charge in [0.05, 0.1) is 18.5 Å². The number of nitrogens with one attached hydrogen (secondary N) is 2. The molecule has 0 radical (unpaired) electrons. The van der Waals surface area contributed by atoms with E-state index >= 15 is 0 Å². The Morgan fingerprint density at radius 1 is 1.31 bits per heavy atom. The minimum atomic E-state index is -0.536. The molecule has 0 saturated carbocycles. The summed E-state index contributed by atoms with van der Waals surface area (Å²) in [6.07, 6.45) is 1.76. The summed E-state index contributed by atoms with van der Waals surface area (Å²) in [7, 11) is 1.47. The summed E-state index contributed by atoms with van der Waals surface area (Å²) >= 11 is 0. The van der Waals surface area contributed by atoms with Gasteiger partial charge in [-0.1, -0.05) is 0 Å². The normalized spacial score (nSPS) is 30.8. The van der Waals surface area contributed by atoms with E-state index in [9.17, 15) is 14.4 Å². The molecule has 3 amide bonds. The number of hydrogen-bond donors (Lipinski definition) is 2. The monoisotopic (exact) mass is 225 g/mol. The highest BCUT2D eigenvalue weighted by atomic mass is 16.2. The van der Waals surface area contributed by atoms with Crippen molar-refractivity contribution in [2.24, 2.45) is 0 Å². The maximum absolute atomic E-state index is 11.6. The van der Waals surface area contributed by atoms with Gasteiger partial charge in [-0.15, -0.1) is 0 Å². The van der Waals surface area contributed by atoms with Gasteiger partial charge in [-0.05, 0) is 12.8 Å². The number of amides is 3. The molecule has 2 saturated heterocycles. The summed E-state index contributed by atoms with van der Waals surface area (Å²) in [5, 5.41) is 5.69. The standard InChI is InChI=1S/C10H15N3O3/c1-13-8(14)5-7(10(13)16)12-6-3-2-4-11-9(6)15/h6-7,12H,2-5H2,1H3,(H,11,15). The Labute approximate surface area is 93.4 Å². The summed E-state index contributed by atoms with van der Waals surface area (Å²) < 4.78 is 0. The van der Waals surface area contributed by atoms with E-state index in [0.717, 1.165) is 11.3 Å². The summed E-state index contributed by atoms with van der Waals surface area (Å²) in [5.74, 6) is -0.525. The van der Waals surface area contributed by atoms with E-state index in [0.29, 0.717) is 13.0 Å². The smallest absolute Gasteiger partial charge is 0.246 e. The van der Waals surface area contributed by atoms with Crippen molar-refractivity contribution in [2.75, 3.05) is 13.6 Å². The Kier molecular flexibility index (Phi) is 2.91. The molecule has 16 heavy (non-hydrogen) atoms. The number of likely N-dealkylation sites (N-methyl/N-ethyl adjacent to an activating group) is 1. The third kappa shape index (κ3) is 1.92. The Bertz CT molecular complexity index is 342. The van der Waals surface area contributed by atoms with Gasteiger partial charge in [0.1, 0.15) is 0 Å². The molecule has 6 nitrogen and oxygen atoms in total. The van der Waals surface area contributed by atoms with E-state index in [1.807, 2.05) is 0 Å². The van der Waals surface area contributed by atoms with Crippen molar-refractivity contribution >= 4 is 17.7 Å². The number of hydrogen-bond acceptors (Lipinski definition) is 4. The van der Waals surface area contributed by atoms with E-state index in [1.165, 1.54) is 7.05 Å². The van der Waals surface area contributed by atoms with Crippen LogP contribution in [-0.4, -0.2) is 48.3 Å². The third-order valence-corrected chi connectivity index (χ3v) is 3.07. The fraction of sp³-hybridized carbons (Fsp3) is 0.700. The highest BCUT2D eigenvalue weighted by molar-refractivity contribution is 6.05. The zero-order valence-corrected chi connectivity index (χ0v) is 9.16. The van der Waals surface area contributed by atoms with Crippen LogP contribution >= 0.6 is 0 Å². The fourth-order valence-electron chi connectivity index (χ4n) is 2.06. The minimum Gasteiger partial charge on any atom is -0.355 e. The summed E-state index contributed by atoms with van der Waals surface area (Å²) in [6.45, 7) is 0.689. The van der Waals surface area contributed by atoms with Crippen molar-refractivity contribution in [3.05, 3.63) is 0 Å². The zero-order valence-electron chi connectivity index (χ0n) is 9.16. The van der Waals surface area contributed by atoms with Crippen LogP contribution in [0.1, 0.15) is 19.3 Å². The molecule has 2 aliphatic rings. The number of piperidine rings is 1. The zero-order chi connectivity index (χ0) is 11.7. The van der Waals surface area contributed by atoms with Crippen molar-refractivity contribution in [2.45, 2.75) is 31.3 Å². The summed E-state index contributed by atoms with van der Waals surface area (Å²) in [4.78, 5) is 35.5. The summed E-state index contributed by atoms with van der Waals surface area (Å²) in [6, 6.07) is -0.881. The lowest BCUT2D eigenvalue weighted by Gasteiger charge is -2.24. The van der Waals surface area contributed by atoms with E-state index in [4.69, 9.17) is 0 Å². The number of carbonyl (C=O) groups excluding carboxylic acids is 3. The molecule has 6 heteroatoms. The molecule has 2 rings (SSSR count). The number of carbonyl (C=O) groups is 3. The van der Waals surface area contributed by atoms with Crippen LogP contribution in [0.2, 0.25) is 0 Å². The van der Waals surface area contributed by atoms with Gasteiger partial charge in [-0.2, -0.15) is 0 Å². The van der Waals surface area contributed by atoms with Crippen LogP contribution in [0, 0.1) is 0 Å². The molecule has 2 fully saturated rings. The number of imide groups is 1. The van der Waals surface area contributed by atoms with E-state index in [2.05, 4.69) is 10.6 Å². The molecule has 0 aromatic heterocycles. The first-order valence-corrected chi connectivity index (χ1v) is 5.44. The summed E-state index contributed by atoms with van der Waals surface area (Å²) in [5.41, 5.74) is 0. The van der Waals surface area contributed by atoms with Crippen LogP contribution in [0.3, 0.4) is 0 Å². The molecule has 2 N–H and O–H groups in total. The number of rotatable bonds is 2.